The molecular formula is C67H136N2O6P+. The van der Waals surface area contributed by atoms with Gasteiger partial charge in [-0.2, -0.15) is 0 Å². The van der Waals surface area contributed by atoms with Gasteiger partial charge in [0.15, 0.2) is 0 Å². The molecule has 0 bridgehead atoms. The predicted molar refractivity (Wildman–Crippen MR) is 332 cm³/mol. The van der Waals surface area contributed by atoms with E-state index in [0.29, 0.717) is 23.9 Å². The summed E-state index contributed by atoms with van der Waals surface area (Å²) in [7, 11) is 1.64. The summed E-state index contributed by atoms with van der Waals surface area (Å²) in [5.74, 6) is -0.135. The van der Waals surface area contributed by atoms with E-state index in [-0.39, 0.29) is 19.1 Å². The zero-order valence-electron chi connectivity index (χ0n) is 52.0. The molecule has 0 aromatic rings. The Morgan fingerprint density at radius 3 is 1.01 bits per heavy atom. The first-order valence-electron chi connectivity index (χ1n) is 34.1. The Bertz CT molecular complexity index is 1240. The van der Waals surface area contributed by atoms with E-state index in [1.165, 1.54) is 295 Å². The zero-order chi connectivity index (χ0) is 55.6. The molecule has 0 spiro atoms. The molecule has 0 aromatic carbocycles. The van der Waals surface area contributed by atoms with Crippen molar-refractivity contribution in [1.29, 1.82) is 0 Å². The number of hydrogen-bond donors (Lipinski definition) is 3. The van der Waals surface area contributed by atoms with Crippen LogP contribution in [0.1, 0.15) is 361 Å². The molecule has 0 aliphatic heterocycles. The van der Waals surface area contributed by atoms with Crippen LogP contribution in [-0.4, -0.2) is 73.4 Å². The third-order valence-corrected chi connectivity index (χ3v) is 17.0. The van der Waals surface area contributed by atoms with Gasteiger partial charge in [0, 0.05) is 6.42 Å². The summed E-state index contributed by atoms with van der Waals surface area (Å²) < 4.78 is 23.9. The van der Waals surface area contributed by atoms with Crippen LogP contribution in [-0.2, 0) is 18.4 Å². The van der Waals surface area contributed by atoms with Crippen LogP contribution >= 0.6 is 7.82 Å². The molecule has 0 heterocycles. The largest absolute Gasteiger partial charge is 0.472 e. The third-order valence-electron chi connectivity index (χ3n) is 16.0. The number of unbranched alkanes of at least 4 members (excludes halogenated alkanes) is 49. The molecule has 3 N–H and O–H groups in total. The lowest BCUT2D eigenvalue weighted by atomic mass is 10.0. The summed E-state index contributed by atoms with van der Waals surface area (Å²) in [6.45, 7) is 4.95. The van der Waals surface area contributed by atoms with Crippen LogP contribution in [0.2, 0.25) is 0 Å². The second-order valence-corrected chi connectivity index (χ2v) is 26.4. The van der Waals surface area contributed by atoms with E-state index in [0.717, 1.165) is 38.5 Å². The fourth-order valence-electron chi connectivity index (χ4n) is 10.7. The quantitative estimate of drug-likeness (QED) is 0.0243. The molecular weight excluding hydrogens is 960 g/mol. The summed E-state index contributed by atoms with van der Waals surface area (Å²) in [4.78, 5) is 23.4. The van der Waals surface area contributed by atoms with Crippen LogP contribution in [0.15, 0.2) is 12.2 Å². The van der Waals surface area contributed by atoms with Crippen molar-refractivity contribution in [2.75, 3.05) is 40.9 Å². The Kier molecular flexibility index (Phi) is 58.3. The lowest BCUT2D eigenvalue weighted by Crippen LogP contribution is -2.46. The van der Waals surface area contributed by atoms with Crippen molar-refractivity contribution in [3.63, 3.8) is 0 Å². The van der Waals surface area contributed by atoms with Gasteiger partial charge in [-0.15, -0.1) is 0 Å². The van der Waals surface area contributed by atoms with Crippen LogP contribution in [0.5, 0.6) is 0 Å². The van der Waals surface area contributed by atoms with Gasteiger partial charge in [0.1, 0.15) is 13.2 Å². The first-order chi connectivity index (χ1) is 37.0. The van der Waals surface area contributed by atoms with Gasteiger partial charge in [-0.25, -0.2) is 4.57 Å². The van der Waals surface area contributed by atoms with Crippen molar-refractivity contribution in [2.45, 2.75) is 373 Å². The van der Waals surface area contributed by atoms with Crippen LogP contribution in [0.4, 0.5) is 0 Å². The fourth-order valence-corrected chi connectivity index (χ4v) is 11.4. The molecule has 8 nitrogen and oxygen atoms in total. The van der Waals surface area contributed by atoms with E-state index in [1.807, 2.05) is 21.1 Å². The number of allylic oxidation sites excluding steroid dienone is 2. The first kappa shape index (κ1) is 75.2. The second-order valence-electron chi connectivity index (χ2n) is 24.9. The van der Waals surface area contributed by atoms with Gasteiger partial charge in [-0.05, 0) is 38.5 Å². The Morgan fingerprint density at radius 2 is 0.711 bits per heavy atom. The van der Waals surface area contributed by atoms with Crippen molar-refractivity contribution in [2.24, 2.45) is 0 Å². The summed E-state index contributed by atoms with van der Waals surface area (Å²) in [6.07, 6.45) is 74.6. The molecule has 76 heavy (non-hydrogen) atoms. The molecule has 1 amide bonds. The number of likely N-dealkylation sites (N-methyl/N-ethyl adjacent to an activating group) is 1. The minimum absolute atomic E-state index is 0.0785. The Hall–Kier alpha value is -0.760. The number of aliphatic hydroxyl groups excluding tert-OH is 1. The highest BCUT2D eigenvalue weighted by molar-refractivity contribution is 7.47. The molecule has 0 aliphatic rings. The van der Waals surface area contributed by atoms with Crippen molar-refractivity contribution in [1.82, 2.24) is 5.32 Å². The van der Waals surface area contributed by atoms with E-state index < -0.39 is 20.0 Å². The summed E-state index contributed by atoms with van der Waals surface area (Å²) in [5.41, 5.74) is 0. The van der Waals surface area contributed by atoms with Gasteiger partial charge in [0.05, 0.1) is 39.9 Å². The van der Waals surface area contributed by atoms with Gasteiger partial charge in [0.2, 0.25) is 5.91 Å². The monoisotopic (exact) mass is 1100 g/mol. The molecule has 0 rings (SSSR count). The molecule has 3 atom stereocenters. The highest BCUT2D eigenvalue weighted by atomic mass is 31.2. The van der Waals surface area contributed by atoms with Gasteiger partial charge >= 0.3 is 7.82 Å². The maximum absolute atomic E-state index is 13.0. The van der Waals surface area contributed by atoms with Crippen molar-refractivity contribution in [3.8, 4) is 0 Å². The number of nitrogens with one attached hydrogen (secondary N) is 1. The highest BCUT2D eigenvalue weighted by Gasteiger charge is 2.28. The van der Waals surface area contributed by atoms with Crippen LogP contribution in [0.3, 0.4) is 0 Å². The van der Waals surface area contributed by atoms with Crippen molar-refractivity contribution in [3.05, 3.63) is 12.2 Å². The molecule has 0 saturated heterocycles. The summed E-state index contributed by atoms with van der Waals surface area (Å²) in [5, 5.41) is 14.1. The minimum atomic E-state index is -4.32. The van der Waals surface area contributed by atoms with E-state index in [4.69, 9.17) is 9.05 Å². The topological polar surface area (TPSA) is 105 Å². The zero-order valence-corrected chi connectivity index (χ0v) is 52.9. The average molecular weight is 1100 g/mol. The molecule has 0 aromatic heterocycles. The number of carbonyl (C=O) groups is 1. The number of aliphatic hydroxyl groups is 1. The smallest absolute Gasteiger partial charge is 0.391 e. The first-order valence-corrected chi connectivity index (χ1v) is 35.5. The molecule has 0 fully saturated rings. The predicted octanol–water partition coefficient (Wildman–Crippen LogP) is 21.3. The normalized spacial score (nSPS) is 13.7. The van der Waals surface area contributed by atoms with E-state index in [9.17, 15) is 19.4 Å². The number of rotatable bonds is 64. The van der Waals surface area contributed by atoms with Crippen LogP contribution in [0.25, 0.3) is 0 Å². The molecule has 0 aliphatic carbocycles. The van der Waals surface area contributed by atoms with Crippen LogP contribution in [0, 0.1) is 0 Å². The average Bonchev–Trinajstić information content (AvgIpc) is 3.38. The Labute approximate surface area is 475 Å². The number of carbonyl (C=O) groups excluding carboxylic acids is 1. The van der Waals surface area contributed by atoms with Gasteiger partial charge in [0.25, 0.3) is 0 Å². The lowest BCUT2D eigenvalue weighted by Gasteiger charge is -2.26. The third kappa shape index (κ3) is 60.9. The van der Waals surface area contributed by atoms with E-state index in [2.05, 4.69) is 31.3 Å². The van der Waals surface area contributed by atoms with Gasteiger partial charge < -0.3 is 19.8 Å². The highest BCUT2D eigenvalue weighted by Crippen LogP contribution is 2.43. The second kappa shape index (κ2) is 58.9. The molecule has 3 unspecified atom stereocenters. The Balaban J connectivity index is 3.93. The van der Waals surface area contributed by atoms with Gasteiger partial charge in [-0.3, -0.25) is 13.8 Å². The summed E-state index contributed by atoms with van der Waals surface area (Å²) in [6, 6.07) is -0.757. The van der Waals surface area contributed by atoms with Gasteiger partial charge in [-0.1, -0.05) is 328 Å². The Morgan fingerprint density at radius 1 is 0.434 bits per heavy atom. The van der Waals surface area contributed by atoms with Crippen molar-refractivity contribution < 1.29 is 32.9 Å². The molecule has 0 radical (unpaired) electrons. The standard InChI is InChI=1S/C67H135N2O6P/c1-6-8-10-12-14-16-18-20-22-24-26-27-28-29-30-31-32-33-34-35-36-37-38-39-40-41-43-45-47-49-51-53-55-57-59-61-67(71)68-65(64-75-76(72,73)74-63-62-69(3,4)5)66(70)60-58-56-54-52-50-48-46-44-42-25-23-21-19-17-15-13-11-9-7-2/h24,26,65-66,70H,6-23,25,27-64H2,1-5H3,(H-,68,71,72,73)/p+1/b26-24-. The number of phosphoric ester groups is 1. The number of quaternary nitrogens is 1. The minimum Gasteiger partial charge on any atom is -0.391 e. The SMILES string of the molecule is CCCCCCCCCC/C=C\CCCCCCCCCCCCCCCCCCCCCCCCCC(=O)NC(COP(=O)(O)OCC[N+](C)(C)C)C(O)CCCCCCCCCCCCCCCCCCCCC. The maximum atomic E-state index is 13.0. The van der Waals surface area contributed by atoms with E-state index >= 15 is 0 Å². The van der Waals surface area contributed by atoms with Crippen molar-refractivity contribution >= 4 is 13.7 Å². The number of nitrogens with zero attached hydrogens (tertiary/aromatic N) is 1. The molecule has 9 heteroatoms. The van der Waals surface area contributed by atoms with E-state index in [1.54, 1.807) is 0 Å². The van der Waals surface area contributed by atoms with Crippen LogP contribution < -0.4 is 5.32 Å². The number of amides is 1. The maximum Gasteiger partial charge on any atom is 0.472 e. The lowest BCUT2D eigenvalue weighted by molar-refractivity contribution is -0.870. The fraction of sp³-hybridized carbons (Fsp3) is 0.955. The number of hydrogen-bond acceptors (Lipinski definition) is 5. The number of phosphoric acid groups is 1. The molecule has 454 valence electrons. The summed E-state index contributed by atoms with van der Waals surface area (Å²) >= 11 is 0. The molecule has 0 saturated carbocycles.